The van der Waals surface area contributed by atoms with Crippen molar-refractivity contribution in [1.82, 2.24) is 9.78 Å². The van der Waals surface area contributed by atoms with Crippen molar-refractivity contribution >= 4 is 21.8 Å². The van der Waals surface area contributed by atoms with E-state index in [-0.39, 0.29) is 12.5 Å². The first kappa shape index (κ1) is 19.7. The second-order valence-electron chi connectivity index (χ2n) is 6.46. The number of unbranched alkanes of at least 4 members (excludes halogenated alkanes) is 3. The molecule has 2 rings (SSSR count). The Kier molecular flexibility index (Phi) is 7.24. The molecule has 1 heterocycles. The molecular formula is C20H27BrN2O2. The molecule has 25 heavy (non-hydrogen) atoms. The topological polar surface area (TPSA) is 44.1 Å². The Balaban J connectivity index is 2.01. The van der Waals surface area contributed by atoms with Crippen LogP contribution in [0.3, 0.4) is 0 Å². The van der Waals surface area contributed by atoms with E-state index in [1.165, 1.54) is 29.5 Å². The third kappa shape index (κ3) is 5.18. The molecule has 0 aliphatic heterocycles. The molecule has 0 aliphatic rings. The predicted octanol–water partition coefficient (Wildman–Crippen LogP) is 5.41. The van der Waals surface area contributed by atoms with Gasteiger partial charge in [-0.25, -0.2) is 4.68 Å². The van der Waals surface area contributed by atoms with Crippen molar-refractivity contribution in [1.29, 1.82) is 0 Å². The standard InChI is InChI=1S/C20H27BrN2O2/c1-5-6-7-8-9-18-15(3)22-23(16(18)4)20(24)13-25-19-11-10-17(21)12-14(19)2/h10-12H,5-9,13H2,1-4H3. The van der Waals surface area contributed by atoms with E-state index in [1.807, 2.05) is 39.0 Å². The molecule has 0 saturated carbocycles. The number of carbonyl (C=O) groups excluding carboxylic acids is 1. The second kappa shape index (κ2) is 9.18. The van der Waals surface area contributed by atoms with E-state index in [0.29, 0.717) is 0 Å². The first-order chi connectivity index (χ1) is 11.9. The number of hydrogen-bond donors (Lipinski definition) is 0. The minimum Gasteiger partial charge on any atom is -0.483 e. The molecule has 0 unspecified atom stereocenters. The van der Waals surface area contributed by atoms with Gasteiger partial charge < -0.3 is 4.74 Å². The highest BCUT2D eigenvalue weighted by Gasteiger charge is 2.17. The molecule has 5 heteroatoms. The Morgan fingerprint density at radius 1 is 1.20 bits per heavy atom. The first-order valence-electron chi connectivity index (χ1n) is 8.91. The number of rotatable bonds is 8. The van der Waals surface area contributed by atoms with Crippen LogP contribution in [0.4, 0.5) is 0 Å². The largest absolute Gasteiger partial charge is 0.483 e. The molecule has 0 saturated heterocycles. The third-order valence-electron chi connectivity index (χ3n) is 4.45. The van der Waals surface area contributed by atoms with Crippen LogP contribution in [0.25, 0.3) is 0 Å². The maximum absolute atomic E-state index is 12.5. The van der Waals surface area contributed by atoms with Crippen LogP contribution in [0.15, 0.2) is 22.7 Å². The van der Waals surface area contributed by atoms with E-state index < -0.39 is 0 Å². The molecule has 1 aromatic heterocycles. The zero-order valence-electron chi connectivity index (χ0n) is 15.6. The fourth-order valence-corrected chi connectivity index (χ4v) is 3.46. The van der Waals surface area contributed by atoms with E-state index in [4.69, 9.17) is 4.74 Å². The summed E-state index contributed by atoms with van der Waals surface area (Å²) >= 11 is 3.43. The van der Waals surface area contributed by atoms with Crippen LogP contribution < -0.4 is 4.74 Å². The highest BCUT2D eigenvalue weighted by atomic mass is 79.9. The van der Waals surface area contributed by atoms with Crippen molar-refractivity contribution in [3.8, 4) is 5.75 Å². The zero-order chi connectivity index (χ0) is 18.4. The van der Waals surface area contributed by atoms with E-state index in [0.717, 1.165) is 40.0 Å². The van der Waals surface area contributed by atoms with Gasteiger partial charge >= 0.3 is 0 Å². The minimum absolute atomic E-state index is 0.0142. The van der Waals surface area contributed by atoms with Gasteiger partial charge in [-0.1, -0.05) is 42.1 Å². The van der Waals surface area contributed by atoms with Crippen LogP contribution in [0.5, 0.6) is 5.75 Å². The molecule has 2 aromatic rings. The Morgan fingerprint density at radius 3 is 2.64 bits per heavy atom. The monoisotopic (exact) mass is 406 g/mol. The fourth-order valence-electron chi connectivity index (χ4n) is 2.98. The summed E-state index contributed by atoms with van der Waals surface area (Å²) in [6, 6.07) is 5.75. The summed E-state index contributed by atoms with van der Waals surface area (Å²) in [5.41, 5.74) is 4.08. The van der Waals surface area contributed by atoms with Gasteiger partial charge in [-0.15, -0.1) is 0 Å². The maximum Gasteiger partial charge on any atom is 0.284 e. The normalized spacial score (nSPS) is 10.9. The van der Waals surface area contributed by atoms with Crippen LogP contribution in [0, 0.1) is 20.8 Å². The van der Waals surface area contributed by atoms with Crippen LogP contribution >= 0.6 is 15.9 Å². The Morgan fingerprint density at radius 2 is 1.96 bits per heavy atom. The third-order valence-corrected chi connectivity index (χ3v) is 4.94. The quantitative estimate of drug-likeness (QED) is 0.550. The number of halogens is 1. The molecule has 0 fully saturated rings. The molecule has 4 nitrogen and oxygen atoms in total. The van der Waals surface area contributed by atoms with Gasteiger partial charge in [0.1, 0.15) is 5.75 Å². The lowest BCUT2D eigenvalue weighted by Gasteiger charge is -2.09. The summed E-state index contributed by atoms with van der Waals surface area (Å²) in [7, 11) is 0. The van der Waals surface area contributed by atoms with Crippen LogP contribution in [0.1, 0.15) is 59.9 Å². The summed E-state index contributed by atoms with van der Waals surface area (Å²) < 4.78 is 8.19. The molecule has 0 atom stereocenters. The molecule has 0 bridgehead atoms. The SMILES string of the molecule is CCCCCCc1c(C)nn(C(=O)COc2ccc(Br)cc2C)c1C. The van der Waals surface area contributed by atoms with Gasteiger partial charge in [0.15, 0.2) is 6.61 Å². The molecule has 0 amide bonds. The van der Waals surface area contributed by atoms with Crippen molar-refractivity contribution in [2.75, 3.05) is 6.61 Å². The summed E-state index contributed by atoms with van der Waals surface area (Å²) in [5.74, 6) is 0.584. The van der Waals surface area contributed by atoms with E-state index in [9.17, 15) is 4.79 Å². The Hall–Kier alpha value is -1.62. The van der Waals surface area contributed by atoms with Gasteiger partial charge in [0.2, 0.25) is 0 Å². The molecule has 0 radical (unpaired) electrons. The van der Waals surface area contributed by atoms with Gasteiger partial charge in [0, 0.05) is 10.2 Å². The van der Waals surface area contributed by atoms with Gasteiger partial charge in [-0.2, -0.15) is 5.10 Å². The lowest BCUT2D eigenvalue weighted by atomic mass is 10.0. The van der Waals surface area contributed by atoms with Gasteiger partial charge in [0.25, 0.3) is 5.91 Å². The number of nitrogens with zero attached hydrogens (tertiary/aromatic N) is 2. The predicted molar refractivity (Wildman–Crippen MR) is 105 cm³/mol. The fraction of sp³-hybridized carbons (Fsp3) is 0.500. The molecule has 0 spiro atoms. The molecular weight excluding hydrogens is 380 g/mol. The van der Waals surface area contributed by atoms with Crippen molar-refractivity contribution < 1.29 is 9.53 Å². The molecule has 1 aromatic carbocycles. The van der Waals surface area contributed by atoms with Crippen molar-refractivity contribution in [2.45, 2.75) is 59.8 Å². The Bertz CT molecular complexity index is 738. The number of aryl methyl sites for hydroxylation is 2. The van der Waals surface area contributed by atoms with Gasteiger partial charge in [0.05, 0.1) is 5.69 Å². The molecule has 136 valence electrons. The van der Waals surface area contributed by atoms with Gasteiger partial charge in [-0.05, 0) is 62.9 Å². The van der Waals surface area contributed by atoms with Crippen LogP contribution in [-0.2, 0) is 6.42 Å². The highest BCUT2D eigenvalue weighted by Crippen LogP contribution is 2.22. The average molecular weight is 407 g/mol. The number of aromatic nitrogens is 2. The van der Waals surface area contributed by atoms with Crippen molar-refractivity contribution in [3.63, 3.8) is 0 Å². The minimum atomic E-state index is -0.136. The summed E-state index contributed by atoms with van der Waals surface area (Å²) in [4.78, 5) is 12.5. The summed E-state index contributed by atoms with van der Waals surface area (Å²) in [6.07, 6.45) is 5.83. The number of hydrogen-bond acceptors (Lipinski definition) is 3. The summed E-state index contributed by atoms with van der Waals surface area (Å²) in [6.45, 7) is 8.10. The lowest BCUT2D eigenvalue weighted by Crippen LogP contribution is -2.22. The summed E-state index contributed by atoms with van der Waals surface area (Å²) in [5, 5.41) is 4.44. The zero-order valence-corrected chi connectivity index (χ0v) is 17.1. The Labute approximate surface area is 158 Å². The van der Waals surface area contributed by atoms with Gasteiger partial charge in [-0.3, -0.25) is 4.79 Å². The second-order valence-corrected chi connectivity index (χ2v) is 7.38. The van der Waals surface area contributed by atoms with E-state index in [2.05, 4.69) is 28.0 Å². The van der Waals surface area contributed by atoms with Crippen LogP contribution in [-0.4, -0.2) is 22.3 Å². The van der Waals surface area contributed by atoms with Crippen molar-refractivity contribution in [2.24, 2.45) is 0 Å². The highest BCUT2D eigenvalue weighted by molar-refractivity contribution is 9.10. The molecule has 0 N–H and O–H groups in total. The first-order valence-corrected chi connectivity index (χ1v) is 9.70. The van der Waals surface area contributed by atoms with Crippen molar-refractivity contribution in [3.05, 3.63) is 45.2 Å². The van der Waals surface area contributed by atoms with E-state index >= 15 is 0 Å². The number of carbonyl (C=O) groups is 1. The average Bonchev–Trinajstić information content (AvgIpc) is 2.85. The number of benzene rings is 1. The lowest BCUT2D eigenvalue weighted by molar-refractivity contribution is 0.0817. The smallest absolute Gasteiger partial charge is 0.284 e. The maximum atomic E-state index is 12.5. The molecule has 0 aliphatic carbocycles. The number of ether oxygens (including phenoxy) is 1. The van der Waals surface area contributed by atoms with Crippen LogP contribution in [0.2, 0.25) is 0 Å². The van der Waals surface area contributed by atoms with E-state index in [1.54, 1.807) is 0 Å².